The fraction of sp³-hybridized carbons (Fsp3) is 0.682. The van der Waals surface area contributed by atoms with Gasteiger partial charge < -0.3 is 15.5 Å². The lowest BCUT2D eigenvalue weighted by molar-refractivity contribution is 0.148. The van der Waals surface area contributed by atoms with Crippen molar-refractivity contribution < 1.29 is 0 Å². The molecule has 2 aliphatic rings. The first-order valence-electron chi connectivity index (χ1n) is 10.6. The summed E-state index contributed by atoms with van der Waals surface area (Å²) >= 11 is 0. The van der Waals surface area contributed by atoms with Gasteiger partial charge >= 0.3 is 0 Å². The molecule has 28 heavy (non-hydrogen) atoms. The molecule has 1 saturated carbocycles. The van der Waals surface area contributed by atoms with Crippen molar-refractivity contribution in [2.45, 2.75) is 51.7 Å². The molecule has 1 aromatic rings. The average molecular weight is 499 g/mol. The second kappa shape index (κ2) is 12.0. The normalized spacial score (nSPS) is 24.5. The first kappa shape index (κ1) is 23.4. The highest BCUT2D eigenvalue weighted by molar-refractivity contribution is 14.0. The van der Waals surface area contributed by atoms with E-state index < -0.39 is 0 Å². The zero-order valence-corrected chi connectivity index (χ0v) is 20.1. The van der Waals surface area contributed by atoms with Crippen molar-refractivity contribution in [2.24, 2.45) is 10.9 Å². The molecule has 2 fully saturated rings. The highest BCUT2D eigenvalue weighted by Gasteiger charge is 2.19. The lowest BCUT2D eigenvalue weighted by Gasteiger charge is -2.32. The summed E-state index contributed by atoms with van der Waals surface area (Å²) in [6, 6.07) is 9.60. The molecule has 0 radical (unpaired) electrons. The second-order valence-corrected chi connectivity index (χ2v) is 8.42. The summed E-state index contributed by atoms with van der Waals surface area (Å²) in [6.07, 6.45) is 5.15. The molecule has 0 amide bonds. The molecule has 3 rings (SSSR count). The molecular formula is C22H38IN5. The number of rotatable bonds is 5. The molecular weight excluding hydrogens is 461 g/mol. The third-order valence-electron chi connectivity index (χ3n) is 6.07. The predicted molar refractivity (Wildman–Crippen MR) is 129 cm³/mol. The fourth-order valence-corrected chi connectivity index (χ4v) is 4.00. The fourth-order valence-electron chi connectivity index (χ4n) is 4.00. The number of hydrogen-bond acceptors (Lipinski definition) is 3. The number of halogens is 1. The summed E-state index contributed by atoms with van der Waals surface area (Å²) in [5, 5.41) is 7.07. The van der Waals surface area contributed by atoms with Crippen LogP contribution in [0.15, 0.2) is 29.3 Å². The van der Waals surface area contributed by atoms with E-state index in [2.05, 4.69) is 63.7 Å². The van der Waals surface area contributed by atoms with E-state index in [1.165, 1.54) is 63.0 Å². The molecule has 0 atom stereocenters. The Labute approximate surface area is 188 Å². The van der Waals surface area contributed by atoms with E-state index >= 15 is 0 Å². The third kappa shape index (κ3) is 7.52. The highest BCUT2D eigenvalue weighted by Crippen LogP contribution is 2.23. The van der Waals surface area contributed by atoms with Crippen LogP contribution in [-0.2, 0) is 13.1 Å². The number of aliphatic imine (C=N–C) groups is 1. The van der Waals surface area contributed by atoms with Crippen LogP contribution < -0.4 is 10.6 Å². The lowest BCUT2D eigenvalue weighted by Crippen LogP contribution is -2.44. The number of guanidine groups is 1. The van der Waals surface area contributed by atoms with Gasteiger partial charge in [0.05, 0.1) is 0 Å². The second-order valence-electron chi connectivity index (χ2n) is 8.42. The van der Waals surface area contributed by atoms with E-state index in [-0.39, 0.29) is 24.0 Å². The SMILES string of the molecule is CN=C(NCc1ccc(CN2CCN(C)CC2)cc1)NC1CCC(C)CC1.I. The Morgan fingerprint density at radius 1 is 1.00 bits per heavy atom. The van der Waals surface area contributed by atoms with Gasteiger partial charge in [0.1, 0.15) is 0 Å². The number of nitrogens with zero attached hydrogens (tertiary/aromatic N) is 3. The molecule has 1 aliphatic heterocycles. The minimum Gasteiger partial charge on any atom is -0.354 e. The van der Waals surface area contributed by atoms with Gasteiger partial charge in [0.2, 0.25) is 0 Å². The van der Waals surface area contributed by atoms with Gasteiger partial charge in [-0.3, -0.25) is 9.89 Å². The van der Waals surface area contributed by atoms with Gasteiger partial charge in [-0.05, 0) is 49.8 Å². The number of piperazine rings is 1. The van der Waals surface area contributed by atoms with Crippen LogP contribution in [0.1, 0.15) is 43.7 Å². The van der Waals surface area contributed by atoms with Gasteiger partial charge in [0.25, 0.3) is 0 Å². The summed E-state index contributed by atoms with van der Waals surface area (Å²) in [5.74, 6) is 1.80. The van der Waals surface area contributed by atoms with Gasteiger partial charge in [-0.25, -0.2) is 0 Å². The molecule has 1 saturated heterocycles. The molecule has 0 aromatic heterocycles. The van der Waals surface area contributed by atoms with Crippen LogP contribution in [0.25, 0.3) is 0 Å². The predicted octanol–water partition coefficient (Wildman–Crippen LogP) is 3.30. The lowest BCUT2D eigenvalue weighted by atomic mass is 9.87. The summed E-state index contributed by atoms with van der Waals surface area (Å²) in [5.41, 5.74) is 2.71. The van der Waals surface area contributed by atoms with Crippen LogP contribution >= 0.6 is 24.0 Å². The minimum atomic E-state index is 0. The van der Waals surface area contributed by atoms with E-state index in [0.29, 0.717) is 6.04 Å². The van der Waals surface area contributed by atoms with E-state index in [1.807, 2.05) is 7.05 Å². The zero-order valence-electron chi connectivity index (χ0n) is 17.8. The molecule has 0 spiro atoms. The Bertz CT molecular complexity index is 587. The standard InChI is InChI=1S/C22H37N5.HI/c1-18-4-10-21(11-5-18)25-22(23-2)24-16-19-6-8-20(9-7-19)17-27-14-12-26(3)13-15-27;/h6-9,18,21H,4-5,10-17H2,1-3H3,(H2,23,24,25);1H. The first-order chi connectivity index (χ1) is 13.1. The van der Waals surface area contributed by atoms with Gasteiger partial charge in [-0.2, -0.15) is 0 Å². The van der Waals surface area contributed by atoms with Crippen molar-refractivity contribution in [2.75, 3.05) is 40.3 Å². The number of likely N-dealkylation sites (N-methyl/N-ethyl adjacent to an activating group) is 1. The van der Waals surface area contributed by atoms with Crippen LogP contribution in [0.3, 0.4) is 0 Å². The van der Waals surface area contributed by atoms with Gasteiger partial charge in [0.15, 0.2) is 5.96 Å². The van der Waals surface area contributed by atoms with Crippen LogP contribution in [0.5, 0.6) is 0 Å². The average Bonchev–Trinajstić information content (AvgIpc) is 2.69. The maximum absolute atomic E-state index is 4.40. The maximum Gasteiger partial charge on any atom is 0.191 e. The van der Waals surface area contributed by atoms with Crippen LogP contribution in [-0.4, -0.2) is 62.1 Å². The Hall–Kier alpha value is -0.860. The van der Waals surface area contributed by atoms with E-state index in [0.717, 1.165) is 25.0 Å². The van der Waals surface area contributed by atoms with Crippen molar-refractivity contribution in [3.63, 3.8) is 0 Å². The smallest absolute Gasteiger partial charge is 0.191 e. The quantitative estimate of drug-likeness (QED) is 0.371. The molecule has 0 bridgehead atoms. The van der Waals surface area contributed by atoms with E-state index in [1.54, 1.807) is 0 Å². The number of hydrogen-bond donors (Lipinski definition) is 2. The third-order valence-corrected chi connectivity index (χ3v) is 6.07. The monoisotopic (exact) mass is 499 g/mol. The van der Waals surface area contributed by atoms with Crippen molar-refractivity contribution in [1.29, 1.82) is 0 Å². The van der Waals surface area contributed by atoms with Crippen molar-refractivity contribution in [3.05, 3.63) is 35.4 Å². The zero-order chi connectivity index (χ0) is 19.1. The Balaban J connectivity index is 0.00000280. The van der Waals surface area contributed by atoms with E-state index in [4.69, 9.17) is 0 Å². The minimum absolute atomic E-state index is 0. The molecule has 6 heteroatoms. The van der Waals surface area contributed by atoms with Crippen molar-refractivity contribution in [3.8, 4) is 0 Å². The molecule has 2 N–H and O–H groups in total. The molecule has 1 aromatic carbocycles. The first-order valence-corrected chi connectivity index (χ1v) is 10.6. The summed E-state index contributed by atoms with van der Waals surface area (Å²) < 4.78 is 0. The Kier molecular flexibility index (Phi) is 10.0. The molecule has 158 valence electrons. The molecule has 5 nitrogen and oxygen atoms in total. The Morgan fingerprint density at radius 3 is 2.21 bits per heavy atom. The van der Waals surface area contributed by atoms with Crippen LogP contribution in [0.4, 0.5) is 0 Å². The maximum atomic E-state index is 4.40. The van der Waals surface area contributed by atoms with Gasteiger partial charge in [-0.1, -0.05) is 31.2 Å². The van der Waals surface area contributed by atoms with Crippen LogP contribution in [0.2, 0.25) is 0 Å². The van der Waals surface area contributed by atoms with Gasteiger partial charge in [0, 0.05) is 52.4 Å². The largest absolute Gasteiger partial charge is 0.354 e. The molecule has 1 aliphatic carbocycles. The van der Waals surface area contributed by atoms with Crippen molar-refractivity contribution >= 4 is 29.9 Å². The molecule has 0 unspecified atom stereocenters. The van der Waals surface area contributed by atoms with Crippen LogP contribution in [0, 0.1) is 5.92 Å². The van der Waals surface area contributed by atoms with Crippen molar-refractivity contribution in [1.82, 2.24) is 20.4 Å². The summed E-state index contributed by atoms with van der Waals surface area (Å²) in [7, 11) is 4.07. The number of benzene rings is 1. The van der Waals surface area contributed by atoms with Gasteiger partial charge in [-0.15, -0.1) is 24.0 Å². The molecule has 1 heterocycles. The summed E-state index contributed by atoms with van der Waals surface area (Å²) in [6.45, 7) is 8.92. The summed E-state index contributed by atoms with van der Waals surface area (Å²) in [4.78, 5) is 9.35. The Morgan fingerprint density at radius 2 is 1.61 bits per heavy atom. The topological polar surface area (TPSA) is 42.9 Å². The highest BCUT2D eigenvalue weighted by atomic mass is 127. The number of nitrogens with one attached hydrogen (secondary N) is 2. The van der Waals surface area contributed by atoms with E-state index in [9.17, 15) is 0 Å².